The Bertz CT molecular complexity index is 1230. The molecule has 0 spiro atoms. The quantitative estimate of drug-likeness (QED) is 0.427. The van der Waals surface area contributed by atoms with E-state index >= 15 is 0 Å². The van der Waals surface area contributed by atoms with E-state index in [1.165, 1.54) is 12.1 Å². The van der Waals surface area contributed by atoms with Gasteiger partial charge in [0, 0.05) is 16.6 Å². The number of nitrogens with zero attached hydrogens (tertiary/aromatic N) is 1. The Hall–Kier alpha value is -2.84. The number of fused-ring (bicyclic) bond motifs is 1. The summed E-state index contributed by atoms with van der Waals surface area (Å²) in [5.41, 5.74) is 8.78. The van der Waals surface area contributed by atoms with Crippen molar-refractivity contribution in [1.82, 2.24) is 4.98 Å². The topological polar surface area (TPSA) is 98.2 Å². The Balaban J connectivity index is 1.57. The van der Waals surface area contributed by atoms with E-state index in [4.69, 9.17) is 10.2 Å². The smallest absolute Gasteiger partial charge is 0.261 e. The van der Waals surface area contributed by atoms with E-state index < -0.39 is 10.0 Å². The molecular weight excluding hydrogens is 442 g/mol. The van der Waals surface area contributed by atoms with Gasteiger partial charge in [-0.15, -0.1) is 0 Å². The Morgan fingerprint density at radius 3 is 2.43 bits per heavy atom. The van der Waals surface area contributed by atoms with Crippen molar-refractivity contribution in [2.75, 3.05) is 10.5 Å². The van der Waals surface area contributed by atoms with E-state index in [9.17, 15) is 8.42 Å². The monoisotopic (exact) mass is 457 g/mol. The van der Waals surface area contributed by atoms with Gasteiger partial charge in [-0.3, -0.25) is 4.72 Å². The van der Waals surface area contributed by atoms with Crippen LogP contribution in [0, 0.1) is 0 Å². The Labute approximate surface area is 170 Å². The molecule has 0 atom stereocenters. The van der Waals surface area contributed by atoms with Crippen LogP contribution in [-0.2, 0) is 16.4 Å². The van der Waals surface area contributed by atoms with E-state index in [0.717, 1.165) is 10.0 Å². The van der Waals surface area contributed by atoms with Crippen molar-refractivity contribution in [3.8, 4) is 0 Å². The van der Waals surface area contributed by atoms with Crippen LogP contribution in [-0.4, -0.2) is 13.4 Å². The van der Waals surface area contributed by atoms with E-state index in [1.807, 2.05) is 24.3 Å². The van der Waals surface area contributed by atoms with Crippen LogP contribution >= 0.6 is 15.9 Å². The van der Waals surface area contributed by atoms with Crippen molar-refractivity contribution in [2.45, 2.75) is 11.3 Å². The largest absolute Gasteiger partial charge is 0.440 e. The molecule has 0 aliphatic carbocycles. The van der Waals surface area contributed by atoms with Crippen LogP contribution < -0.4 is 10.5 Å². The molecule has 8 heteroatoms. The van der Waals surface area contributed by atoms with Crippen LogP contribution in [0.4, 0.5) is 11.4 Å². The highest BCUT2D eigenvalue weighted by atomic mass is 79.9. The molecule has 1 aromatic heterocycles. The third-order valence-corrected chi connectivity index (χ3v) is 6.07. The molecule has 0 saturated carbocycles. The Kier molecular flexibility index (Phi) is 4.82. The highest BCUT2D eigenvalue weighted by Gasteiger charge is 2.15. The third-order valence-electron chi connectivity index (χ3n) is 4.14. The molecule has 0 saturated heterocycles. The van der Waals surface area contributed by atoms with Crippen molar-refractivity contribution < 1.29 is 12.8 Å². The van der Waals surface area contributed by atoms with Crippen molar-refractivity contribution in [3.63, 3.8) is 0 Å². The van der Waals surface area contributed by atoms with E-state index in [1.54, 1.807) is 30.3 Å². The molecule has 0 bridgehead atoms. The number of oxazole rings is 1. The number of aromatic nitrogens is 1. The number of rotatable bonds is 5. The molecule has 4 aromatic rings. The van der Waals surface area contributed by atoms with Gasteiger partial charge in [0.25, 0.3) is 10.0 Å². The zero-order valence-electron chi connectivity index (χ0n) is 14.6. The maximum Gasteiger partial charge on any atom is 0.261 e. The molecular formula is C20H16BrN3O3S. The van der Waals surface area contributed by atoms with Gasteiger partial charge in [0.15, 0.2) is 11.5 Å². The van der Waals surface area contributed by atoms with Crippen molar-refractivity contribution in [3.05, 3.63) is 82.7 Å². The first-order valence-electron chi connectivity index (χ1n) is 8.41. The van der Waals surface area contributed by atoms with Gasteiger partial charge >= 0.3 is 0 Å². The summed E-state index contributed by atoms with van der Waals surface area (Å²) in [5.74, 6) is 0.566. The number of hydrogen-bond donors (Lipinski definition) is 2. The summed E-state index contributed by atoms with van der Waals surface area (Å²) in [5, 5.41) is 0. The van der Waals surface area contributed by atoms with Gasteiger partial charge in [-0.25, -0.2) is 13.4 Å². The van der Waals surface area contributed by atoms with Gasteiger partial charge in [-0.2, -0.15) is 0 Å². The minimum absolute atomic E-state index is 0.137. The van der Waals surface area contributed by atoms with E-state index in [2.05, 4.69) is 25.6 Å². The number of benzene rings is 3. The average Bonchev–Trinajstić information content (AvgIpc) is 3.05. The minimum Gasteiger partial charge on any atom is -0.440 e. The lowest BCUT2D eigenvalue weighted by atomic mass is 10.1. The minimum atomic E-state index is -3.71. The predicted molar refractivity (Wildman–Crippen MR) is 113 cm³/mol. The van der Waals surface area contributed by atoms with E-state index in [0.29, 0.717) is 34.8 Å². The fraction of sp³-hybridized carbons (Fsp3) is 0.0500. The summed E-state index contributed by atoms with van der Waals surface area (Å²) in [6, 6.07) is 18.9. The first-order valence-corrected chi connectivity index (χ1v) is 10.7. The van der Waals surface area contributed by atoms with Crippen LogP contribution in [0.15, 0.2) is 80.5 Å². The molecule has 6 nitrogen and oxygen atoms in total. The summed E-state index contributed by atoms with van der Waals surface area (Å²) in [4.78, 5) is 4.61. The summed E-state index contributed by atoms with van der Waals surface area (Å²) in [7, 11) is -3.71. The molecule has 0 radical (unpaired) electrons. The average molecular weight is 458 g/mol. The SMILES string of the molecule is Nc1ccc(S(=O)(=O)Nc2ccc3oc(Cc4ccc(Br)cc4)nc3c2)cc1. The summed E-state index contributed by atoms with van der Waals surface area (Å²) in [6.07, 6.45) is 0.550. The fourth-order valence-corrected chi connectivity index (χ4v) is 4.07. The lowest BCUT2D eigenvalue weighted by molar-refractivity contribution is 0.544. The fourth-order valence-electron chi connectivity index (χ4n) is 2.75. The molecule has 3 aromatic carbocycles. The van der Waals surface area contributed by atoms with Gasteiger partial charge in [0.05, 0.1) is 10.6 Å². The Morgan fingerprint density at radius 1 is 1.00 bits per heavy atom. The second-order valence-corrected chi connectivity index (χ2v) is 8.87. The first kappa shape index (κ1) is 18.5. The molecule has 142 valence electrons. The number of sulfonamides is 1. The zero-order chi connectivity index (χ0) is 19.7. The zero-order valence-corrected chi connectivity index (χ0v) is 17.0. The van der Waals surface area contributed by atoms with Crippen molar-refractivity contribution >= 4 is 48.4 Å². The molecule has 0 aliphatic rings. The number of anilines is 2. The molecule has 0 unspecified atom stereocenters. The van der Waals surface area contributed by atoms with E-state index in [-0.39, 0.29) is 4.90 Å². The van der Waals surface area contributed by atoms with Crippen LogP contribution in [0.2, 0.25) is 0 Å². The number of hydrogen-bond acceptors (Lipinski definition) is 5. The second kappa shape index (κ2) is 7.29. The molecule has 3 N–H and O–H groups in total. The van der Waals surface area contributed by atoms with Gasteiger partial charge < -0.3 is 10.2 Å². The number of nitrogens with two attached hydrogens (primary N) is 1. The van der Waals surface area contributed by atoms with Crippen LogP contribution in [0.5, 0.6) is 0 Å². The second-order valence-electron chi connectivity index (χ2n) is 6.27. The lowest BCUT2D eigenvalue weighted by Crippen LogP contribution is -2.12. The van der Waals surface area contributed by atoms with Gasteiger partial charge in [0.2, 0.25) is 0 Å². The molecule has 4 rings (SSSR count). The van der Waals surface area contributed by atoms with Crippen LogP contribution in [0.1, 0.15) is 11.5 Å². The number of nitrogens with one attached hydrogen (secondary N) is 1. The van der Waals surface area contributed by atoms with Crippen molar-refractivity contribution in [2.24, 2.45) is 0 Å². The number of nitrogen functional groups attached to an aromatic ring is 1. The molecule has 28 heavy (non-hydrogen) atoms. The number of halogens is 1. The predicted octanol–water partition coefficient (Wildman–Crippen LogP) is 4.56. The standard InChI is InChI=1S/C20H16BrN3O3S/c21-14-3-1-13(2-4-14)11-20-23-18-12-16(7-10-19(18)27-20)24-28(25,26)17-8-5-15(22)6-9-17/h1-10,12,24H,11,22H2. The van der Waals surface area contributed by atoms with Gasteiger partial charge in [0.1, 0.15) is 5.52 Å². The molecule has 0 amide bonds. The molecule has 0 aliphatic heterocycles. The molecule has 0 fully saturated rings. The summed E-state index contributed by atoms with van der Waals surface area (Å²) >= 11 is 3.41. The third kappa shape index (κ3) is 4.02. The maximum absolute atomic E-state index is 12.5. The van der Waals surface area contributed by atoms with Crippen LogP contribution in [0.25, 0.3) is 11.1 Å². The summed E-state index contributed by atoms with van der Waals surface area (Å²) in [6.45, 7) is 0. The highest BCUT2D eigenvalue weighted by Crippen LogP contribution is 2.24. The van der Waals surface area contributed by atoms with Crippen molar-refractivity contribution in [1.29, 1.82) is 0 Å². The Morgan fingerprint density at radius 2 is 1.71 bits per heavy atom. The summed E-state index contributed by atoms with van der Waals surface area (Å²) < 4.78 is 34.4. The van der Waals surface area contributed by atoms with Crippen LogP contribution in [0.3, 0.4) is 0 Å². The lowest BCUT2D eigenvalue weighted by Gasteiger charge is -2.08. The molecule has 1 heterocycles. The van der Waals surface area contributed by atoms with Gasteiger partial charge in [-0.1, -0.05) is 28.1 Å². The normalized spacial score (nSPS) is 11.6. The van der Waals surface area contributed by atoms with Gasteiger partial charge in [-0.05, 0) is 60.2 Å². The maximum atomic E-state index is 12.5. The first-order chi connectivity index (χ1) is 13.4. The highest BCUT2D eigenvalue weighted by molar-refractivity contribution is 9.10.